The number of aryl methyl sites for hydroxylation is 1. The minimum atomic E-state index is -0.0463. The van der Waals surface area contributed by atoms with Crippen LogP contribution < -0.4 is 10.9 Å². The van der Waals surface area contributed by atoms with E-state index in [-0.39, 0.29) is 5.56 Å². The maximum absolute atomic E-state index is 13.2. The molecule has 25 heavy (non-hydrogen) atoms. The van der Waals surface area contributed by atoms with Crippen molar-refractivity contribution in [1.82, 2.24) is 14.9 Å². The van der Waals surface area contributed by atoms with Gasteiger partial charge in [0.2, 0.25) is 0 Å². The molecule has 3 rings (SSSR count). The van der Waals surface area contributed by atoms with Gasteiger partial charge in [-0.05, 0) is 30.7 Å². The van der Waals surface area contributed by atoms with Gasteiger partial charge >= 0.3 is 0 Å². The van der Waals surface area contributed by atoms with Gasteiger partial charge in [0.1, 0.15) is 5.82 Å². The molecule has 0 atom stereocenters. The molecule has 0 saturated carbocycles. The average molecular weight is 352 g/mol. The van der Waals surface area contributed by atoms with Crippen molar-refractivity contribution in [3.8, 4) is 5.69 Å². The van der Waals surface area contributed by atoms with Crippen LogP contribution in [-0.2, 0) is 5.75 Å². The molecule has 0 unspecified atom stereocenters. The van der Waals surface area contributed by atoms with Crippen molar-refractivity contribution in [3.05, 3.63) is 70.3 Å². The van der Waals surface area contributed by atoms with E-state index in [0.717, 1.165) is 16.4 Å². The second-order valence-electron chi connectivity index (χ2n) is 5.54. The summed E-state index contributed by atoms with van der Waals surface area (Å²) < 4.78 is 1.72. The number of para-hydroxylation sites is 2. The second-order valence-corrected chi connectivity index (χ2v) is 6.50. The van der Waals surface area contributed by atoms with Crippen LogP contribution in [0.25, 0.3) is 16.6 Å². The van der Waals surface area contributed by atoms with E-state index in [1.165, 1.54) is 11.8 Å². The van der Waals surface area contributed by atoms with Gasteiger partial charge in [-0.2, -0.15) is 0 Å². The van der Waals surface area contributed by atoms with Gasteiger partial charge in [-0.25, -0.2) is 4.98 Å². The Labute approximate surface area is 150 Å². The van der Waals surface area contributed by atoms with E-state index in [1.807, 2.05) is 62.5 Å². The number of hydrogen-bond donors (Lipinski definition) is 1. The van der Waals surface area contributed by atoms with E-state index in [4.69, 9.17) is 4.98 Å². The molecule has 1 heterocycles. The summed E-state index contributed by atoms with van der Waals surface area (Å²) in [4.78, 5) is 22.1. The lowest BCUT2D eigenvalue weighted by Gasteiger charge is -2.15. The fourth-order valence-electron chi connectivity index (χ4n) is 2.72. The summed E-state index contributed by atoms with van der Waals surface area (Å²) in [6.07, 6.45) is 0. The van der Waals surface area contributed by atoms with Crippen LogP contribution in [-0.4, -0.2) is 28.8 Å². The summed E-state index contributed by atoms with van der Waals surface area (Å²) in [5, 5.41) is 4.47. The third-order valence-electron chi connectivity index (χ3n) is 3.96. The molecular formula is C19H20N4OS. The molecule has 0 aliphatic rings. The molecule has 0 bridgehead atoms. The van der Waals surface area contributed by atoms with Crippen molar-refractivity contribution < 1.29 is 0 Å². The number of nitrogens with zero attached hydrogens (tertiary/aromatic N) is 3. The molecule has 6 heteroatoms. The summed E-state index contributed by atoms with van der Waals surface area (Å²) in [6, 6.07) is 15.3. The van der Waals surface area contributed by atoms with Gasteiger partial charge in [-0.15, -0.1) is 0 Å². The molecule has 0 spiro atoms. The molecule has 0 aliphatic carbocycles. The van der Waals surface area contributed by atoms with E-state index in [9.17, 15) is 4.79 Å². The molecule has 1 aromatic heterocycles. The Hall–Kier alpha value is -2.60. The first-order valence-electron chi connectivity index (χ1n) is 7.99. The maximum atomic E-state index is 13.2. The smallest absolute Gasteiger partial charge is 0.265 e. The van der Waals surface area contributed by atoms with Crippen molar-refractivity contribution >= 4 is 27.8 Å². The molecule has 1 N–H and O–H groups in total. The van der Waals surface area contributed by atoms with Crippen LogP contribution in [0.3, 0.4) is 0 Å². The molecule has 0 saturated heterocycles. The number of amidine groups is 1. The minimum Gasteiger partial charge on any atom is -0.368 e. The first kappa shape index (κ1) is 17.2. The van der Waals surface area contributed by atoms with Gasteiger partial charge in [0, 0.05) is 14.1 Å². The van der Waals surface area contributed by atoms with Crippen LogP contribution >= 0.6 is 11.8 Å². The zero-order chi connectivity index (χ0) is 17.8. The van der Waals surface area contributed by atoms with Gasteiger partial charge < -0.3 is 5.32 Å². The number of rotatable bonds is 3. The van der Waals surface area contributed by atoms with Crippen molar-refractivity contribution in [2.75, 3.05) is 14.1 Å². The Balaban J connectivity index is 2.21. The van der Waals surface area contributed by atoms with Crippen molar-refractivity contribution in [2.45, 2.75) is 12.7 Å². The molecule has 0 radical (unpaired) electrons. The van der Waals surface area contributed by atoms with Crippen molar-refractivity contribution in [3.63, 3.8) is 0 Å². The number of thioether (sulfide) groups is 1. The van der Waals surface area contributed by atoms with Crippen LogP contribution in [0, 0.1) is 6.92 Å². The Morgan fingerprint density at radius 3 is 2.64 bits per heavy atom. The van der Waals surface area contributed by atoms with Crippen LogP contribution in [0.1, 0.15) is 11.4 Å². The highest BCUT2D eigenvalue weighted by Gasteiger charge is 2.14. The fraction of sp³-hybridized carbons (Fsp3) is 0.211. The van der Waals surface area contributed by atoms with Crippen LogP contribution in [0.5, 0.6) is 0 Å². The first-order chi connectivity index (χ1) is 12.2. The molecule has 5 nitrogen and oxygen atoms in total. The standard InChI is InChI=1S/C19H20N4OS/c1-13-8-4-7-11-16(13)23-17(12-25-19(20-2)21-3)22-15-10-6-5-9-14(15)18(23)24/h4-11H,12H2,1-3H3,(H,20,21). The van der Waals surface area contributed by atoms with E-state index < -0.39 is 0 Å². The van der Waals surface area contributed by atoms with Gasteiger partial charge in [0.25, 0.3) is 5.56 Å². The molecule has 0 aliphatic heterocycles. The average Bonchev–Trinajstić information content (AvgIpc) is 2.64. The highest BCUT2D eigenvalue weighted by atomic mass is 32.2. The summed E-state index contributed by atoms with van der Waals surface area (Å²) in [7, 11) is 3.57. The minimum absolute atomic E-state index is 0.0463. The quantitative estimate of drug-likeness (QED) is 0.581. The van der Waals surface area contributed by atoms with Crippen LogP contribution in [0.15, 0.2) is 58.3 Å². The third kappa shape index (κ3) is 3.44. The van der Waals surface area contributed by atoms with Crippen molar-refractivity contribution in [1.29, 1.82) is 0 Å². The highest BCUT2D eigenvalue weighted by molar-refractivity contribution is 8.13. The van der Waals surface area contributed by atoms with Crippen molar-refractivity contribution in [2.24, 2.45) is 4.99 Å². The molecule has 0 fully saturated rings. The lowest BCUT2D eigenvalue weighted by molar-refractivity contribution is 0.878. The number of hydrogen-bond acceptors (Lipinski definition) is 4. The van der Waals surface area contributed by atoms with Gasteiger partial charge in [0.15, 0.2) is 5.17 Å². The van der Waals surface area contributed by atoms with Crippen LogP contribution in [0.2, 0.25) is 0 Å². The first-order valence-corrected chi connectivity index (χ1v) is 8.98. The number of nitrogens with one attached hydrogen (secondary N) is 1. The van der Waals surface area contributed by atoms with Gasteiger partial charge in [0.05, 0.1) is 22.3 Å². The molecule has 128 valence electrons. The normalized spacial score (nSPS) is 11.7. The highest BCUT2D eigenvalue weighted by Crippen LogP contribution is 2.19. The van der Waals surface area contributed by atoms with E-state index in [1.54, 1.807) is 11.6 Å². The number of aromatic nitrogens is 2. The lowest BCUT2D eigenvalue weighted by Crippen LogP contribution is -2.25. The summed E-state index contributed by atoms with van der Waals surface area (Å²) >= 11 is 1.52. The molecule has 0 amide bonds. The fourth-order valence-corrected chi connectivity index (χ4v) is 3.45. The SMILES string of the molecule is CN=C(NC)SCc1nc2ccccc2c(=O)n1-c1ccccc1C. The zero-order valence-corrected chi connectivity index (χ0v) is 15.3. The zero-order valence-electron chi connectivity index (χ0n) is 14.5. The van der Waals surface area contributed by atoms with Crippen LogP contribution in [0.4, 0.5) is 0 Å². The van der Waals surface area contributed by atoms with E-state index >= 15 is 0 Å². The maximum Gasteiger partial charge on any atom is 0.265 e. The number of aliphatic imine (C=N–C) groups is 1. The molecule has 3 aromatic rings. The molecular weight excluding hydrogens is 332 g/mol. The van der Waals surface area contributed by atoms with Gasteiger partial charge in [-0.3, -0.25) is 14.4 Å². The summed E-state index contributed by atoms with van der Waals surface area (Å²) in [5.74, 6) is 1.25. The third-order valence-corrected chi connectivity index (χ3v) is 5.02. The van der Waals surface area contributed by atoms with E-state index in [2.05, 4.69) is 10.3 Å². The Kier molecular flexibility index (Phi) is 5.19. The monoisotopic (exact) mass is 352 g/mol. The Morgan fingerprint density at radius 2 is 1.92 bits per heavy atom. The summed E-state index contributed by atoms with van der Waals surface area (Å²) in [5.41, 5.74) is 2.56. The largest absolute Gasteiger partial charge is 0.368 e. The Morgan fingerprint density at radius 1 is 1.20 bits per heavy atom. The second kappa shape index (κ2) is 7.53. The van der Waals surface area contributed by atoms with Gasteiger partial charge in [-0.1, -0.05) is 42.1 Å². The molecule has 2 aromatic carbocycles. The number of benzene rings is 2. The predicted molar refractivity (Wildman–Crippen MR) is 106 cm³/mol. The lowest BCUT2D eigenvalue weighted by atomic mass is 10.2. The topological polar surface area (TPSA) is 59.3 Å². The predicted octanol–water partition coefficient (Wildman–Crippen LogP) is 3.13. The Bertz CT molecular complexity index is 994. The summed E-state index contributed by atoms with van der Waals surface area (Å²) in [6.45, 7) is 2.00. The van der Waals surface area contributed by atoms with E-state index in [0.29, 0.717) is 22.5 Å². The number of fused-ring (bicyclic) bond motifs is 1.